The Kier molecular flexibility index (Phi) is 5.36. The summed E-state index contributed by atoms with van der Waals surface area (Å²) in [4.78, 5) is 3.20. The standard InChI is InChI=1S/C18H18N4OS/c1-2-9-22(12-15-7-4-3-6-14(15)11-19)13-17-20-21-18(23-17)16-8-5-10-24-16/h3-8,10H,2,9,12-13H2,1H3. The van der Waals surface area contributed by atoms with E-state index in [1.807, 2.05) is 41.8 Å². The summed E-state index contributed by atoms with van der Waals surface area (Å²) in [6, 6.07) is 13.9. The van der Waals surface area contributed by atoms with Crippen molar-refractivity contribution in [2.24, 2.45) is 0 Å². The first-order chi connectivity index (χ1) is 11.8. The lowest BCUT2D eigenvalue weighted by Crippen LogP contribution is -2.24. The van der Waals surface area contributed by atoms with Crippen LogP contribution in [-0.2, 0) is 13.1 Å². The molecule has 0 unspecified atom stereocenters. The summed E-state index contributed by atoms with van der Waals surface area (Å²) in [5.41, 5.74) is 1.73. The molecule has 0 spiro atoms. The number of benzene rings is 1. The molecule has 3 aromatic rings. The normalized spacial score (nSPS) is 10.9. The maximum atomic E-state index is 9.25. The van der Waals surface area contributed by atoms with Gasteiger partial charge in [-0.3, -0.25) is 4.90 Å². The molecule has 0 aliphatic carbocycles. The molecule has 0 saturated carbocycles. The molecule has 0 aliphatic rings. The molecule has 0 radical (unpaired) electrons. The quantitative estimate of drug-likeness (QED) is 0.649. The SMILES string of the molecule is CCCN(Cc1nnc(-c2cccs2)o1)Cc1ccccc1C#N. The predicted octanol–water partition coefficient (Wildman–Crippen LogP) is 4.08. The van der Waals surface area contributed by atoms with Crippen LogP contribution in [-0.4, -0.2) is 21.6 Å². The highest BCUT2D eigenvalue weighted by Gasteiger charge is 2.14. The summed E-state index contributed by atoms with van der Waals surface area (Å²) in [7, 11) is 0. The van der Waals surface area contributed by atoms with Gasteiger partial charge < -0.3 is 4.42 Å². The van der Waals surface area contributed by atoms with Crippen molar-refractivity contribution in [3.63, 3.8) is 0 Å². The smallest absolute Gasteiger partial charge is 0.257 e. The van der Waals surface area contributed by atoms with Crippen molar-refractivity contribution in [3.05, 3.63) is 58.8 Å². The van der Waals surface area contributed by atoms with Crippen LogP contribution in [0.15, 0.2) is 46.2 Å². The Hall–Kier alpha value is -2.49. The second-order valence-corrected chi connectivity index (χ2v) is 6.41. The molecule has 0 bridgehead atoms. The van der Waals surface area contributed by atoms with E-state index in [2.05, 4.69) is 28.1 Å². The average molecular weight is 338 g/mol. The van der Waals surface area contributed by atoms with Gasteiger partial charge in [-0.15, -0.1) is 21.5 Å². The highest BCUT2D eigenvalue weighted by Crippen LogP contribution is 2.23. The molecule has 6 heteroatoms. The van der Waals surface area contributed by atoms with E-state index < -0.39 is 0 Å². The van der Waals surface area contributed by atoms with Crippen LogP contribution in [0.3, 0.4) is 0 Å². The zero-order valence-electron chi connectivity index (χ0n) is 13.5. The number of hydrogen-bond acceptors (Lipinski definition) is 6. The molecule has 2 heterocycles. The van der Waals surface area contributed by atoms with Crippen LogP contribution in [0, 0.1) is 11.3 Å². The minimum absolute atomic E-state index is 0.564. The van der Waals surface area contributed by atoms with Gasteiger partial charge in [-0.1, -0.05) is 31.2 Å². The number of rotatable bonds is 7. The third-order valence-corrected chi connectivity index (χ3v) is 4.49. The maximum Gasteiger partial charge on any atom is 0.257 e. The lowest BCUT2D eigenvalue weighted by Gasteiger charge is -2.20. The predicted molar refractivity (Wildman–Crippen MR) is 93.2 cm³/mol. The molecular formula is C18H18N4OS. The molecular weight excluding hydrogens is 320 g/mol. The summed E-state index contributed by atoms with van der Waals surface area (Å²) in [5, 5.41) is 19.5. The Balaban J connectivity index is 1.73. The van der Waals surface area contributed by atoms with Crippen LogP contribution in [0.2, 0.25) is 0 Å². The van der Waals surface area contributed by atoms with E-state index in [4.69, 9.17) is 4.42 Å². The molecule has 0 N–H and O–H groups in total. The van der Waals surface area contributed by atoms with E-state index in [1.54, 1.807) is 11.3 Å². The highest BCUT2D eigenvalue weighted by atomic mass is 32.1. The zero-order valence-corrected chi connectivity index (χ0v) is 14.3. The second-order valence-electron chi connectivity index (χ2n) is 5.46. The molecule has 0 fully saturated rings. The van der Waals surface area contributed by atoms with Gasteiger partial charge in [-0.2, -0.15) is 5.26 Å². The first-order valence-electron chi connectivity index (χ1n) is 7.86. The van der Waals surface area contributed by atoms with Gasteiger partial charge in [0.05, 0.1) is 23.1 Å². The number of aromatic nitrogens is 2. The Bertz CT molecular complexity index is 820. The fourth-order valence-corrected chi connectivity index (χ4v) is 3.19. The molecule has 122 valence electrons. The molecule has 2 aromatic heterocycles. The number of nitriles is 1. The first kappa shape index (κ1) is 16.4. The summed E-state index contributed by atoms with van der Waals surface area (Å²) < 4.78 is 5.78. The molecule has 3 rings (SSSR count). The van der Waals surface area contributed by atoms with Gasteiger partial charge in [0.25, 0.3) is 5.89 Å². The molecule has 0 aliphatic heterocycles. The van der Waals surface area contributed by atoms with Crippen molar-refractivity contribution >= 4 is 11.3 Å². The Morgan fingerprint density at radius 1 is 1.17 bits per heavy atom. The third-order valence-electron chi connectivity index (χ3n) is 3.63. The van der Waals surface area contributed by atoms with E-state index in [0.717, 1.165) is 23.4 Å². The highest BCUT2D eigenvalue weighted by molar-refractivity contribution is 7.13. The van der Waals surface area contributed by atoms with E-state index in [0.29, 0.717) is 30.4 Å². The largest absolute Gasteiger partial charge is 0.419 e. The topological polar surface area (TPSA) is 66.0 Å². The van der Waals surface area contributed by atoms with Crippen molar-refractivity contribution in [3.8, 4) is 16.8 Å². The average Bonchev–Trinajstić information content (AvgIpc) is 3.26. The minimum atomic E-state index is 0.564. The molecule has 0 saturated heterocycles. The van der Waals surface area contributed by atoms with E-state index in [-0.39, 0.29) is 0 Å². The fraction of sp³-hybridized carbons (Fsp3) is 0.278. The van der Waals surface area contributed by atoms with Crippen LogP contribution in [0.5, 0.6) is 0 Å². The van der Waals surface area contributed by atoms with Crippen molar-refractivity contribution in [1.29, 1.82) is 5.26 Å². The van der Waals surface area contributed by atoms with Crippen molar-refractivity contribution in [2.75, 3.05) is 6.54 Å². The number of hydrogen-bond donors (Lipinski definition) is 0. The van der Waals surface area contributed by atoms with Gasteiger partial charge in [-0.25, -0.2) is 0 Å². The van der Waals surface area contributed by atoms with E-state index in [1.165, 1.54) is 0 Å². The van der Waals surface area contributed by atoms with E-state index >= 15 is 0 Å². The minimum Gasteiger partial charge on any atom is -0.419 e. The molecule has 24 heavy (non-hydrogen) atoms. The fourth-order valence-electron chi connectivity index (χ4n) is 2.55. The van der Waals surface area contributed by atoms with Gasteiger partial charge in [0, 0.05) is 6.54 Å². The van der Waals surface area contributed by atoms with Crippen LogP contribution >= 0.6 is 11.3 Å². The van der Waals surface area contributed by atoms with Gasteiger partial charge in [0.2, 0.25) is 5.89 Å². The van der Waals surface area contributed by atoms with Crippen LogP contribution in [0.25, 0.3) is 10.8 Å². The maximum absolute atomic E-state index is 9.25. The lowest BCUT2D eigenvalue weighted by molar-refractivity contribution is 0.232. The Morgan fingerprint density at radius 2 is 2.04 bits per heavy atom. The van der Waals surface area contributed by atoms with Crippen LogP contribution in [0.1, 0.15) is 30.4 Å². The number of nitrogens with zero attached hydrogens (tertiary/aromatic N) is 4. The first-order valence-corrected chi connectivity index (χ1v) is 8.74. The van der Waals surface area contributed by atoms with Gasteiger partial charge in [0.15, 0.2) is 0 Å². The van der Waals surface area contributed by atoms with Crippen LogP contribution in [0.4, 0.5) is 0 Å². The Morgan fingerprint density at radius 3 is 2.79 bits per heavy atom. The molecule has 0 atom stereocenters. The van der Waals surface area contributed by atoms with Crippen molar-refractivity contribution in [2.45, 2.75) is 26.4 Å². The van der Waals surface area contributed by atoms with Gasteiger partial charge >= 0.3 is 0 Å². The van der Waals surface area contributed by atoms with Crippen molar-refractivity contribution < 1.29 is 4.42 Å². The van der Waals surface area contributed by atoms with Gasteiger partial charge in [0.1, 0.15) is 0 Å². The lowest BCUT2D eigenvalue weighted by atomic mass is 10.1. The second kappa shape index (κ2) is 7.86. The molecule has 0 amide bonds. The zero-order chi connectivity index (χ0) is 16.8. The third kappa shape index (κ3) is 3.88. The summed E-state index contributed by atoms with van der Waals surface area (Å²) in [6.07, 6.45) is 1.01. The molecule has 5 nitrogen and oxygen atoms in total. The summed E-state index contributed by atoms with van der Waals surface area (Å²) >= 11 is 1.58. The summed E-state index contributed by atoms with van der Waals surface area (Å²) in [5.74, 6) is 1.16. The summed E-state index contributed by atoms with van der Waals surface area (Å²) in [6.45, 7) is 4.30. The van der Waals surface area contributed by atoms with Crippen molar-refractivity contribution in [1.82, 2.24) is 15.1 Å². The van der Waals surface area contributed by atoms with Crippen LogP contribution < -0.4 is 0 Å². The Labute approximate surface area is 145 Å². The molecule has 1 aromatic carbocycles. The van der Waals surface area contributed by atoms with Gasteiger partial charge in [-0.05, 0) is 36.0 Å². The van der Waals surface area contributed by atoms with E-state index in [9.17, 15) is 5.26 Å². The number of thiophene rings is 1. The monoisotopic (exact) mass is 338 g/mol.